The van der Waals surface area contributed by atoms with Crippen molar-refractivity contribution in [3.8, 4) is 5.75 Å². The minimum Gasteiger partial charge on any atom is -0.508 e. The van der Waals surface area contributed by atoms with Gasteiger partial charge in [-0.15, -0.1) is 0 Å². The molecule has 0 saturated heterocycles. The van der Waals surface area contributed by atoms with Crippen molar-refractivity contribution in [2.45, 2.75) is 45.1 Å². The Morgan fingerprint density at radius 3 is 1.52 bits per heavy atom. The minimum absolute atomic E-state index is 0.186. The Morgan fingerprint density at radius 1 is 0.625 bits per heavy atom. The van der Waals surface area contributed by atoms with E-state index < -0.39 is 8.32 Å². The molecule has 202 valence electrons. The maximum absolute atomic E-state index is 10.8. The molecule has 2 nitrogen and oxygen atoms in total. The van der Waals surface area contributed by atoms with Gasteiger partial charge in [-0.2, -0.15) is 0 Å². The van der Waals surface area contributed by atoms with Gasteiger partial charge in [-0.1, -0.05) is 148 Å². The van der Waals surface area contributed by atoms with Gasteiger partial charge in [-0.25, -0.2) is 0 Å². The van der Waals surface area contributed by atoms with E-state index in [-0.39, 0.29) is 11.5 Å². The fourth-order valence-electron chi connectivity index (χ4n) is 5.53. The van der Waals surface area contributed by atoms with Crippen molar-refractivity contribution in [3.05, 3.63) is 156 Å². The van der Waals surface area contributed by atoms with Crippen LogP contribution in [0.2, 0.25) is 0 Å². The molecule has 5 rings (SSSR count). The number of benzene rings is 5. The third kappa shape index (κ3) is 5.96. The second kappa shape index (κ2) is 12.1. The van der Waals surface area contributed by atoms with Gasteiger partial charge in [-0.3, -0.25) is 0 Å². The lowest BCUT2D eigenvalue weighted by molar-refractivity contribution is 0.195. The first-order valence-corrected chi connectivity index (χ1v) is 16.0. The molecule has 0 aliphatic carbocycles. The molecule has 5 aromatic carbocycles. The molecule has 0 radical (unpaired) electrons. The van der Waals surface area contributed by atoms with Crippen LogP contribution in [0.3, 0.4) is 0 Å². The Hall–Kier alpha value is -3.92. The van der Waals surface area contributed by atoms with Gasteiger partial charge < -0.3 is 9.53 Å². The van der Waals surface area contributed by atoms with Gasteiger partial charge in [0, 0.05) is 0 Å². The molecule has 0 bridgehead atoms. The number of aromatic hydroxyl groups is 1. The molecule has 0 aromatic heterocycles. The molecule has 3 heteroatoms. The number of aryl methyl sites for hydroxylation is 1. The van der Waals surface area contributed by atoms with E-state index in [0.717, 1.165) is 24.0 Å². The summed E-state index contributed by atoms with van der Waals surface area (Å²) in [6.45, 7) is 6.42. The third-order valence-corrected chi connectivity index (χ3v) is 11.7. The topological polar surface area (TPSA) is 29.5 Å². The van der Waals surface area contributed by atoms with Crippen molar-refractivity contribution in [3.63, 3.8) is 0 Å². The summed E-state index contributed by atoms with van der Waals surface area (Å²) >= 11 is 0. The van der Waals surface area contributed by atoms with Crippen molar-refractivity contribution in [2.75, 3.05) is 0 Å². The summed E-state index contributed by atoms with van der Waals surface area (Å²) in [6, 6.07) is 48.9. The van der Waals surface area contributed by atoms with Gasteiger partial charge in [0.1, 0.15) is 5.75 Å². The minimum atomic E-state index is -2.95. The third-order valence-electron chi connectivity index (χ3n) is 7.60. The molecule has 0 saturated carbocycles. The largest absolute Gasteiger partial charge is 0.508 e. The molecule has 1 N–H and O–H groups in total. The Morgan fingerprint density at radius 2 is 1.07 bits per heavy atom. The van der Waals surface area contributed by atoms with Crippen LogP contribution in [0, 0.1) is 0 Å². The van der Waals surface area contributed by atoms with Gasteiger partial charge in [-0.05, 0) is 62.6 Å². The summed E-state index contributed by atoms with van der Waals surface area (Å²) in [5, 5.41) is 14.4. The number of rotatable bonds is 9. The van der Waals surface area contributed by atoms with E-state index in [2.05, 4.69) is 148 Å². The molecule has 0 aliphatic rings. The molecule has 0 fully saturated rings. The Kier molecular flexibility index (Phi) is 8.34. The van der Waals surface area contributed by atoms with E-state index in [1.807, 2.05) is 12.1 Å². The molecular formula is C37H38O2Si. The van der Waals surface area contributed by atoms with Crippen molar-refractivity contribution in [1.29, 1.82) is 0 Å². The highest BCUT2D eigenvalue weighted by Gasteiger charge is 2.44. The predicted octanol–water partition coefficient (Wildman–Crippen LogP) is 7.05. The average molecular weight is 543 g/mol. The summed E-state index contributed by atoms with van der Waals surface area (Å²) in [5.41, 5.74) is 3.12. The molecule has 0 spiro atoms. The normalized spacial score (nSPS) is 12.7. The lowest BCUT2D eigenvalue weighted by atomic mass is 9.84. The fourth-order valence-corrected chi connectivity index (χ4v) is 9.60. The number of phenols is 1. The Balaban J connectivity index is 1.70. The van der Waals surface area contributed by atoms with Crippen LogP contribution < -0.4 is 15.6 Å². The molecule has 5 aromatic rings. The standard InChI is InChI=1S/C37H38O2Si/c1-37(2,3)34-28-30(25-26-35(34)38)36(27-24-29-16-8-4-9-17-29)39-40(31-18-10-5-11-19-31,32-20-12-6-13-21-32)33-22-14-7-15-23-33/h4-23,25-26,28,36,38H,24,27H2,1-3H3. The van der Waals surface area contributed by atoms with Gasteiger partial charge in [0.15, 0.2) is 0 Å². The monoisotopic (exact) mass is 542 g/mol. The highest BCUT2D eigenvalue weighted by Crippen LogP contribution is 2.36. The second-order valence-corrected chi connectivity index (χ2v) is 14.8. The van der Waals surface area contributed by atoms with E-state index in [0.29, 0.717) is 5.75 Å². The van der Waals surface area contributed by atoms with Crippen molar-refractivity contribution >= 4 is 23.9 Å². The summed E-state index contributed by atoms with van der Waals surface area (Å²) < 4.78 is 7.67. The van der Waals surface area contributed by atoms with Crippen molar-refractivity contribution in [2.24, 2.45) is 0 Å². The van der Waals surface area contributed by atoms with Crippen LogP contribution in [0.1, 0.15) is 50.0 Å². The molecule has 1 atom stereocenters. The highest BCUT2D eigenvalue weighted by atomic mass is 28.4. The summed E-state index contributed by atoms with van der Waals surface area (Å²) in [6.07, 6.45) is 1.52. The predicted molar refractivity (Wildman–Crippen MR) is 169 cm³/mol. The second-order valence-electron chi connectivity index (χ2n) is 11.4. The molecule has 40 heavy (non-hydrogen) atoms. The summed E-state index contributed by atoms with van der Waals surface area (Å²) in [4.78, 5) is 0. The van der Waals surface area contributed by atoms with E-state index in [4.69, 9.17) is 4.43 Å². The number of hydrogen-bond acceptors (Lipinski definition) is 2. The molecular weight excluding hydrogens is 504 g/mol. The van der Waals surface area contributed by atoms with E-state index in [9.17, 15) is 5.11 Å². The quantitative estimate of drug-likeness (QED) is 0.160. The van der Waals surface area contributed by atoms with Gasteiger partial charge >= 0.3 is 0 Å². The summed E-state index contributed by atoms with van der Waals surface area (Å²) in [7, 11) is -2.95. The number of hydrogen-bond donors (Lipinski definition) is 1. The first-order valence-electron chi connectivity index (χ1n) is 14.1. The molecule has 1 unspecified atom stereocenters. The average Bonchev–Trinajstić information content (AvgIpc) is 2.99. The zero-order valence-corrected chi connectivity index (χ0v) is 24.6. The first-order chi connectivity index (χ1) is 19.4. The first kappa shape index (κ1) is 27.6. The van der Waals surface area contributed by atoms with Crippen LogP contribution in [-0.2, 0) is 16.3 Å². The van der Waals surface area contributed by atoms with Crippen molar-refractivity contribution < 1.29 is 9.53 Å². The fraction of sp³-hybridized carbons (Fsp3) is 0.189. The smallest absolute Gasteiger partial charge is 0.288 e. The maximum Gasteiger partial charge on any atom is 0.288 e. The van der Waals surface area contributed by atoms with E-state index >= 15 is 0 Å². The Bertz CT molecular complexity index is 1400. The maximum atomic E-state index is 10.8. The van der Waals surface area contributed by atoms with Crippen LogP contribution in [0.5, 0.6) is 5.75 Å². The zero-order chi connectivity index (χ0) is 28.0. The van der Waals surface area contributed by atoms with Crippen LogP contribution in [0.4, 0.5) is 0 Å². The zero-order valence-electron chi connectivity index (χ0n) is 23.6. The summed E-state index contributed by atoms with van der Waals surface area (Å²) in [5.74, 6) is 0.329. The Labute approximate surface area is 240 Å². The van der Waals surface area contributed by atoms with Gasteiger partial charge in [0.2, 0.25) is 0 Å². The number of phenolic OH excluding ortho intramolecular Hbond substituents is 1. The molecule has 0 heterocycles. The lowest BCUT2D eigenvalue weighted by Crippen LogP contribution is -2.69. The van der Waals surface area contributed by atoms with Crippen LogP contribution in [0.25, 0.3) is 0 Å². The molecule has 0 aliphatic heterocycles. The highest BCUT2D eigenvalue weighted by molar-refractivity contribution is 7.07. The SMILES string of the molecule is CC(C)(C)c1cc(C(CCc2ccccc2)O[Si](c2ccccc2)(c2ccccc2)c2ccccc2)ccc1O. The van der Waals surface area contributed by atoms with Crippen LogP contribution in [0.15, 0.2) is 140 Å². The van der Waals surface area contributed by atoms with E-state index in [1.165, 1.54) is 21.1 Å². The van der Waals surface area contributed by atoms with Crippen molar-refractivity contribution in [1.82, 2.24) is 0 Å². The van der Waals surface area contributed by atoms with E-state index in [1.54, 1.807) is 0 Å². The van der Waals surface area contributed by atoms with Crippen LogP contribution in [-0.4, -0.2) is 13.4 Å². The van der Waals surface area contributed by atoms with Gasteiger partial charge in [0.05, 0.1) is 6.10 Å². The molecule has 0 amide bonds. The lowest BCUT2D eigenvalue weighted by Gasteiger charge is -2.37. The van der Waals surface area contributed by atoms with Crippen LogP contribution >= 0.6 is 0 Å². The van der Waals surface area contributed by atoms with Gasteiger partial charge in [0.25, 0.3) is 8.32 Å².